The van der Waals surface area contributed by atoms with Crippen LogP contribution >= 0.6 is 0 Å². The monoisotopic (exact) mass is 212 g/mol. The molecule has 84 valence electrons. The van der Waals surface area contributed by atoms with E-state index in [1.807, 2.05) is 6.92 Å². The number of phenolic OH excluding ortho intramolecular Hbond substituents is 1. The highest BCUT2D eigenvalue weighted by Gasteiger charge is 2.07. The second kappa shape index (κ2) is 5.58. The number of aromatic hydroxyl groups is 1. The molecule has 1 unspecified atom stereocenters. The van der Waals surface area contributed by atoms with Gasteiger partial charge in [-0.1, -0.05) is 6.07 Å². The molecule has 0 aliphatic heterocycles. The van der Waals surface area contributed by atoms with Gasteiger partial charge in [-0.25, -0.2) is 0 Å². The van der Waals surface area contributed by atoms with Crippen molar-refractivity contribution in [3.05, 3.63) is 23.8 Å². The third-order valence-electron chi connectivity index (χ3n) is 2.01. The van der Waals surface area contributed by atoms with E-state index in [2.05, 4.69) is 0 Å². The highest BCUT2D eigenvalue weighted by atomic mass is 16.5. The molecule has 0 bridgehead atoms. The van der Waals surface area contributed by atoms with E-state index < -0.39 is 6.10 Å². The Hall–Kier alpha value is -1.26. The van der Waals surface area contributed by atoms with E-state index in [9.17, 15) is 10.2 Å². The molecule has 3 N–H and O–H groups in total. The van der Waals surface area contributed by atoms with Gasteiger partial charge >= 0.3 is 0 Å². The zero-order valence-electron chi connectivity index (χ0n) is 8.68. The molecule has 4 heteroatoms. The Labute approximate surface area is 88.8 Å². The average molecular weight is 212 g/mol. The summed E-state index contributed by atoms with van der Waals surface area (Å²) in [6.07, 6.45) is -0.430. The topological polar surface area (TPSA) is 69.9 Å². The summed E-state index contributed by atoms with van der Waals surface area (Å²) in [4.78, 5) is 0. The predicted molar refractivity (Wildman–Crippen MR) is 56.1 cm³/mol. The van der Waals surface area contributed by atoms with Crippen LogP contribution in [0.1, 0.15) is 12.5 Å². The van der Waals surface area contributed by atoms with Crippen molar-refractivity contribution in [1.82, 2.24) is 0 Å². The lowest BCUT2D eigenvalue weighted by molar-refractivity contribution is 0.0954. The molecule has 0 amide bonds. The fraction of sp³-hybridized carbons (Fsp3) is 0.455. The zero-order chi connectivity index (χ0) is 11.3. The summed E-state index contributed by atoms with van der Waals surface area (Å²) in [6.45, 7) is 2.03. The van der Waals surface area contributed by atoms with Gasteiger partial charge in [0.2, 0.25) is 0 Å². The van der Waals surface area contributed by atoms with E-state index >= 15 is 0 Å². The Morgan fingerprint density at radius 3 is 2.73 bits per heavy atom. The third-order valence-corrected chi connectivity index (χ3v) is 2.01. The average Bonchev–Trinajstić information content (AvgIpc) is 2.23. The number of hydrogen-bond acceptors (Lipinski definition) is 4. The molecule has 0 heterocycles. The lowest BCUT2D eigenvalue weighted by Crippen LogP contribution is -2.15. The van der Waals surface area contributed by atoms with E-state index in [1.54, 1.807) is 12.1 Å². The minimum Gasteiger partial charge on any atom is -0.504 e. The maximum Gasteiger partial charge on any atom is 0.161 e. The zero-order valence-corrected chi connectivity index (χ0v) is 8.68. The Balaban J connectivity index is 2.77. The highest BCUT2D eigenvalue weighted by Crippen LogP contribution is 2.27. The Kier molecular flexibility index (Phi) is 4.39. The smallest absolute Gasteiger partial charge is 0.161 e. The van der Waals surface area contributed by atoms with E-state index in [-0.39, 0.29) is 12.4 Å². The third kappa shape index (κ3) is 3.42. The SMILES string of the molecule is CCOc1cc(CC(O)CO)ccc1O. The minimum absolute atomic E-state index is 0.0825. The first-order valence-electron chi connectivity index (χ1n) is 4.91. The molecule has 0 aromatic heterocycles. The lowest BCUT2D eigenvalue weighted by Gasteiger charge is -2.10. The number of benzene rings is 1. The van der Waals surface area contributed by atoms with Gasteiger partial charge < -0.3 is 20.1 Å². The van der Waals surface area contributed by atoms with E-state index in [4.69, 9.17) is 9.84 Å². The second-order valence-corrected chi connectivity index (χ2v) is 3.28. The number of aliphatic hydroxyl groups is 2. The fourth-order valence-corrected chi connectivity index (χ4v) is 1.29. The summed E-state index contributed by atoms with van der Waals surface area (Å²) in [6, 6.07) is 4.87. The van der Waals surface area contributed by atoms with Crippen LogP contribution in [0, 0.1) is 0 Å². The van der Waals surface area contributed by atoms with Crippen LogP contribution in [-0.4, -0.2) is 34.6 Å². The first kappa shape index (κ1) is 11.8. The molecule has 0 saturated carbocycles. The molecule has 0 saturated heterocycles. The number of rotatable bonds is 5. The van der Waals surface area contributed by atoms with Gasteiger partial charge in [0, 0.05) is 6.42 Å². The number of aliphatic hydroxyl groups excluding tert-OH is 2. The lowest BCUT2D eigenvalue weighted by atomic mass is 10.1. The molecule has 0 aliphatic rings. The van der Waals surface area contributed by atoms with E-state index in [1.165, 1.54) is 6.07 Å². The molecule has 0 radical (unpaired) electrons. The highest BCUT2D eigenvalue weighted by molar-refractivity contribution is 5.41. The van der Waals surface area contributed by atoms with Crippen LogP contribution in [0.2, 0.25) is 0 Å². The number of ether oxygens (including phenoxy) is 1. The molecule has 1 aromatic rings. The molecule has 15 heavy (non-hydrogen) atoms. The van der Waals surface area contributed by atoms with Crippen molar-refractivity contribution in [1.29, 1.82) is 0 Å². The van der Waals surface area contributed by atoms with Crippen molar-refractivity contribution in [2.24, 2.45) is 0 Å². The minimum atomic E-state index is -0.774. The van der Waals surface area contributed by atoms with Crippen molar-refractivity contribution in [2.45, 2.75) is 19.4 Å². The van der Waals surface area contributed by atoms with Gasteiger partial charge in [0.1, 0.15) is 0 Å². The summed E-state index contributed by atoms with van der Waals surface area (Å²) in [5.41, 5.74) is 0.817. The number of phenols is 1. The van der Waals surface area contributed by atoms with Crippen LogP contribution in [-0.2, 0) is 6.42 Å². The van der Waals surface area contributed by atoms with Gasteiger partial charge in [-0.05, 0) is 24.6 Å². The van der Waals surface area contributed by atoms with Crippen molar-refractivity contribution >= 4 is 0 Å². The van der Waals surface area contributed by atoms with Gasteiger partial charge in [0.25, 0.3) is 0 Å². The van der Waals surface area contributed by atoms with Crippen LogP contribution < -0.4 is 4.74 Å². The summed E-state index contributed by atoms with van der Waals surface area (Å²) >= 11 is 0. The van der Waals surface area contributed by atoms with Gasteiger partial charge in [-0.3, -0.25) is 0 Å². The van der Waals surface area contributed by atoms with Crippen LogP contribution in [0.5, 0.6) is 11.5 Å². The Morgan fingerprint density at radius 2 is 2.13 bits per heavy atom. The van der Waals surface area contributed by atoms with Crippen molar-refractivity contribution in [3.63, 3.8) is 0 Å². The molecule has 0 spiro atoms. The predicted octanol–water partition coefficient (Wildman–Crippen LogP) is 0.687. The van der Waals surface area contributed by atoms with Crippen LogP contribution in [0.25, 0.3) is 0 Å². The molecule has 4 nitrogen and oxygen atoms in total. The summed E-state index contributed by atoms with van der Waals surface area (Å²) in [5, 5.41) is 27.4. The molecule has 0 fully saturated rings. The molecular formula is C11H16O4. The fourth-order valence-electron chi connectivity index (χ4n) is 1.29. The van der Waals surface area contributed by atoms with E-state index in [0.29, 0.717) is 18.8 Å². The van der Waals surface area contributed by atoms with Crippen molar-refractivity contribution in [2.75, 3.05) is 13.2 Å². The molecule has 1 atom stereocenters. The molecular weight excluding hydrogens is 196 g/mol. The van der Waals surface area contributed by atoms with Crippen molar-refractivity contribution in [3.8, 4) is 11.5 Å². The van der Waals surface area contributed by atoms with Crippen LogP contribution in [0.3, 0.4) is 0 Å². The summed E-state index contributed by atoms with van der Waals surface area (Å²) < 4.78 is 5.20. The normalized spacial score (nSPS) is 12.5. The standard InChI is InChI=1S/C11H16O4/c1-2-15-11-6-8(3-4-10(11)14)5-9(13)7-12/h3-4,6,9,12-14H,2,5,7H2,1H3. The van der Waals surface area contributed by atoms with Gasteiger partial charge in [-0.2, -0.15) is 0 Å². The molecule has 1 rings (SSSR count). The summed E-state index contributed by atoms with van der Waals surface area (Å²) in [7, 11) is 0. The van der Waals surface area contributed by atoms with Crippen LogP contribution in [0.15, 0.2) is 18.2 Å². The van der Waals surface area contributed by atoms with E-state index in [0.717, 1.165) is 5.56 Å². The first-order chi connectivity index (χ1) is 7.17. The maximum absolute atomic E-state index is 9.42. The molecule has 0 aliphatic carbocycles. The Bertz CT molecular complexity index is 311. The number of hydrogen-bond donors (Lipinski definition) is 3. The molecule has 1 aromatic carbocycles. The quantitative estimate of drug-likeness (QED) is 0.671. The van der Waals surface area contributed by atoms with Crippen molar-refractivity contribution < 1.29 is 20.1 Å². The first-order valence-corrected chi connectivity index (χ1v) is 4.91. The van der Waals surface area contributed by atoms with Gasteiger partial charge in [0.05, 0.1) is 19.3 Å². The second-order valence-electron chi connectivity index (χ2n) is 3.28. The summed E-state index contributed by atoms with van der Waals surface area (Å²) in [5.74, 6) is 0.485. The van der Waals surface area contributed by atoms with Gasteiger partial charge in [-0.15, -0.1) is 0 Å². The van der Waals surface area contributed by atoms with Crippen LogP contribution in [0.4, 0.5) is 0 Å². The largest absolute Gasteiger partial charge is 0.504 e. The maximum atomic E-state index is 9.42. The Morgan fingerprint density at radius 1 is 1.40 bits per heavy atom. The van der Waals surface area contributed by atoms with Gasteiger partial charge in [0.15, 0.2) is 11.5 Å².